The highest BCUT2D eigenvalue weighted by Gasteiger charge is 2.34. The maximum atomic E-state index is 13.0. The summed E-state index contributed by atoms with van der Waals surface area (Å²) < 4.78 is 0. The van der Waals surface area contributed by atoms with Gasteiger partial charge < -0.3 is 15.5 Å². The molecule has 0 bridgehead atoms. The first-order valence-corrected chi connectivity index (χ1v) is 8.22. The molecule has 2 aromatic rings. The van der Waals surface area contributed by atoms with E-state index in [1.165, 1.54) is 4.90 Å². The number of carbonyl (C=O) groups excluding carboxylic acids is 2. The smallest absolute Gasteiger partial charge is 0.322 e. The van der Waals surface area contributed by atoms with E-state index in [1.807, 2.05) is 30.3 Å². The van der Waals surface area contributed by atoms with Crippen LogP contribution in [0.4, 0.5) is 10.5 Å². The fourth-order valence-corrected chi connectivity index (χ4v) is 2.96. The van der Waals surface area contributed by atoms with Gasteiger partial charge in [0.2, 0.25) is 0 Å². The van der Waals surface area contributed by atoms with Crippen molar-refractivity contribution < 1.29 is 9.59 Å². The predicted octanol–water partition coefficient (Wildman–Crippen LogP) is 3.95. The Bertz CT molecular complexity index is 849. The zero-order chi connectivity index (χ0) is 18.0. The number of nitrogens with zero attached hydrogens (tertiary/aromatic N) is 1. The Kier molecular flexibility index (Phi) is 4.76. The number of benzene rings is 2. The second-order valence-electron chi connectivity index (χ2n) is 5.79. The number of rotatable bonds is 3. The van der Waals surface area contributed by atoms with Crippen LogP contribution >= 0.6 is 11.6 Å². The average Bonchev–Trinajstić information content (AvgIpc) is 2.62. The summed E-state index contributed by atoms with van der Waals surface area (Å²) in [5, 5.41) is 6.18. The molecule has 3 rings (SSSR count). The number of nitrogens with one attached hydrogen (secondary N) is 2. The molecule has 1 atom stereocenters. The average molecular weight is 356 g/mol. The second kappa shape index (κ2) is 6.99. The molecule has 25 heavy (non-hydrogen) atoms. The zero-order valence-corrected chi connectivity index (χ0v) is 14.7. The second-order valence-corrected chi connectivity index (χ2v) is 6.19. The molecule has 5 nitrogen and oxygen atoms in total. The molecular weight excluding hydrogens is 338 g/mol. The topological polar surface area (TPSA) is 61.4 Å². The number of hydrogen-bond acceptors (Lipinski definition) is 2. The van der Waals surface area contributed by atoms with Gasteiger partial charge in [0, 0.05) is 12.7 Å². The maximum absolute atomic E-state index is 13.0. The van der Waals surface area contributed by atoms with Crippen LogP contribution in [-0.2, 0) is 4.79 Å². The normalized spacial score (nSPS) is 17.3. The van der Waals surface area contributed by atoms with Gasteiger partial charge >= 0.3 is 6.03 Å². The van der Waals surface area contributed by atoms with Gasteiger partial charge in [-0.05, 0) is 24.6 Å². The van der Waals surface area contributed by atoms with Gasteiger partial charge in [-0.15, -0.1) is 0 Å². The van der Waals surface area contributed by atoms with Crippen LogP contribution in [0.25, 0.3) is 0 Å². The highest BCUT2D eigenvalue weighted by atomic mass is 35.5. The van der Waals surface area contributed by atoms with Crippen molar-refractivity contribution in [3.05, 3.63) is 76.5 Å². The van der Waals surface area contributed by atoms with E-state index in [2.05, 4.69) is 10.6 Å². The third-order valence-electron chi connectivity index (χ3n) is 4.25. The quantitative estimate of drug-likeness (QED) is 0.875. The third kappa shape index (κ3) is 3.37. The van der Waals surface area contributed by atoms with Crippen molar-refractivity contribution in [3.8, 4) is 0 Å². The summed E-state index contributed by atoms with van der Waals surface area (Å²) in [5.41, 5.74) is 2.45. The summed E-state index contributed by atoms with van der Waals surface area (Å²) in [7, 11) is 1.63. The molecule has 3 amide bonds. The van der Waals surface area contributed by atoms with E-state index >= 15 is 0 Å². The van der Waals surface area contributed by atoms with E-state index in [-0.39, 0.29) is 11.9 Å². The fraction of sp³-hybridized carbons (Fsp3) is 0.158. The molecule has 2 aromatic carbocycles. The summed E-state index contributed by atoms with van der Waals surface area (Å²) in [5.74, 6) is -0.300. The zero-order valence-electron chi connectivity index (χ0n) is 13.9. The summed E-state index contributed by atoms with van der Waals surface area (Å²) >= 11 is 6.14. The van der Waals surface area contributed by atoms with Crippen LogP contribution in [0, 0.1) is 0 Å². The van der Waals surface area contributed by atoms with Crippen molar-refractivity contribution >= 4 is 29.2 Å². The van der Waals surface area contributed by atoms with Crippen molar-refractivity contribution in [1.29, 1.82) is 0 Å². The summed E-state index contributed by atoms with van der Waals surface area (Å²) in [6.45, 7) is 1.76. The van der Waals surface area contributed by atoms with Crippen LogP contribution in [0.2, 0.25) is 5.02 Å². The Hall–Kier alpha value is -2.79. The van der Waals surface area contributed by atoms with E-state index in [0.717, 1.165) is 5.56 Å². The number of para-hydroxylation sites is 1. The van der Waals surface area contributed by atoms with Crippen LogP contribution in [0.3, 0.4) is 0 Å². The first kappa shape index (κ1) is 17.0. The highest BCUT2D eigenvalue weighted by Crippen LogP contribution is 2.31. The molecule has 1 aliphatic rings. The number of halogens is 1. The van der Waals surface area contributed by atoms with E-state index in [9.17, 15) is 9.59 Å². The van der Waals surface area contributed by atoms with E-state index < -0.39 is 6.04 Å². The van der Waals surface area contributed by atoms with Crippen LogP contribution in [0.5, 0.6) is 0 Å². The van der Waals surface area contributed by atoms with E-state index in [4.69, 9.17) is 11.6 Å². The lowest BCUT2D eigenvalue weighted by atomic mass is 9.94. The van der Waals surface area contributed by atoms with Crippen LogP contribution in [-0.4, -0.2) is 23.9 Å². The molecule has 0 fully saturated rings. The molecule has 0 saturated heterocycles. The van der Waals surface area contributed by atoms with Crippen molar-refractivity contribution in [3.63, 3.8) is 0 Å². The molecule has 128 valence electrons. The lowest BCUT2D eigenvalue weighted by Gasteiger charge is -2.33. The first-order chi connectivity index (χ1) is 12.0. The molecule has 1 unspecified atom stereocenters. The maximum Gasteiger partial charge on any atom is 0.322 e. The molecule has 0 aliphatic carbocycles. The van der Waals surface area contributed by atoms with Gasteiger partial charge in [0.25, 0.3) is 5.91 Å². The Morgan fingerprint density at radius 3 is 2.44 bits per heavy atom. The lowest BCUT2D eigenvalue weighted by molar-refractivity contribution is -0.113. The predicted molar refractivity (Wildman–Crippen MR) is 98.3 cm³/mol. The Labute approximate surface area is 151 Å². The summed E-state index contributed by atoms with van der Waals surface area (Å²) in [4.78, 5) is 26.6. The lowest BCUT2D eigenvalue weighted by Crippen LogP contribution is -2.46. The number of urea groups is 1. The molecule has 1 aliphatic heterocycles. The molecule has 1 heterocycles. The first-order valence-electron chi connectivity index (χ1n) is 7.85. The minimum absolute atomic E-state index is 0.249. The van der Waals surface area contributed by atoms with E-state index in [0.29, 0.717) is 22.0 Å². The number of carbonyl (C=O) groups is 2. The SMILES string of the molecule is CC1=C(C(=O)Nc2ccccc2Cl)C(c2ccccc2)NC(=O)N1C. The van der Waals surface area contributed by atoms with Gasteiger partial charge in [-0.3, -0.25) is 4.79 Å². The van der Waals surface area contributed by atoms with Crippen molar-refractivity contribution in [2.45, 2.75) is 13.0 Å². The molecule has 6 heteroatoms. The van der Waals surface area contributed by atoms with Crippen molar-refractivity contribution in [2.75, 3.05) is 12.4 Å². The van der Waals surface area contributed by atoms with Gasteiger partial charge in [0.15, 0.2) is 0 Å². The molecule has 0 radical (unpaired) electrons. The van der Waals surface area contributed by atoms with Crippen LogP contribution < -0.4 is 10.6 Å². The minimum Gasteiger partial charge on any atom is -0.327 e. The molecule has 0 saturated carbocycles. The molecule has 2 N–H and O–H groups in total. The van der Waals surface area contributed by atoms with Gasteiger partial charge in [0.05, 0.1) is 22.3 Å². The van der Waals surface area contributed by atoms with Gasteiger partial charge in [-0.2, -0.15) is 0 Å². The molecular formula is C19H18ClN3O2. The minimum atomic E-state index is -0.521. The Morgan fingerprint density at radius 2 is 1.76 bits per heavy atom. The van der Waals surface area contributed by atoms with Gasteiger partial charge in [0.1, 0.15) is 0 Å². The molecule has 0 spiro atoms. The van der Waals surface area contributed by atoms with Crippen LogP contribution in [0.1, 0.15) is 18.5 Å². The fourth-order valence-electron chi connectivity index (χ4n) is 2.78. The number of allylic oxidation sites excluding steroid dienone is 1. The monoisotopic (exact) mass is 355 g/mol. The van der Waals surface area contributed by atoms with E-state index in [1.54, 1.807) is 38.2 Å². The highest BCUT2D eigenvalue weighted by molar-refractivity contribution is 6.33. The Morgan fingerprint density at radius 1 is 1.12 bits per heavy atom. The number of amides is 3. The van der Waals surface area contributed by atoms with Crippen LogP contribution in [0.15, 0.2) is 65.9 Å². The van der Waals surface area contributed by atoms with Gasteiger partial charge in [-0.25, -0.2) is 4.79 Å². The molecule has 0 aromatic heterocycles. The van der Waals surface area contributed by atoms with Crippen molar-refractivity contribution in [2.24, 2.45) is 0 Å². The number of hydrogen-bond donors (Lipinski definition) is 2. The number of anilines is 1. The Balaban J connectivity index is 2.00. The summed E-state index contributed by atoms with van der Waals surface area (Å²) in [6, 6.07) is 15.7. The van der Waals surface area contributed by atoms with Crippen molar-refractivity contribution in [1.82, 2.24) is 10.2 Å². The third-order valence-corrected chi connectivity index (χ3v) is 4.58. The van der Waals surface area contributed by atoms with Gasteiger partial charge in [-0.1, -0.05) is 54.1 Å². The standard InChI is InChI=1S/C19H18ClN3O2/c1-12-16(18(24)21-15-11-7-6-10-14(15)20)17(22-19(25)23(12)2)13-8-4-3-5-9-13/h3-11,17H,1-2H3,(H,21,24)(H,22,25). The summed E-state index contributed by atoms with van der Waals surface area (Å²) in [6.07, 6.45) is 0. The largest absolute Gasteiger partial charge is 0.327 e.